The van der Waals surface area contributed by atoms with Crippen LogP contribution in [0, 0.1) is 5.92 Å². The number of nitrogens with zero attached hydrogens (tertiary/aromatic N) is 1. The summed E-state index contributed by atoms with van der Waals surface area (Å²) in [5.41, 5.74) is 2.10. The molecule has 1 heterocycles. The molecule has 0 spiro atoms. The molecule has 1 aromatic rings. The van der Waals surface area contributed by atoms with Gasteiger partial charge in [-0.15, -0.1) is 0 Å². The van der Waals surface area contributed by atoms with Crippen LogP contribution in [-0.4, -0.2) is 35.2 Å². The summed E-state index contributed by atoms with van der Waals surface area (Å²) in [6, 6.07) is 7.92. The Balaban J connectivity index is 1.86. The average molecular weight is 276 g/mol. The number of nitrogens with one attached hydrogen (secondary N) is 1. The smallest absolute Gasteiger partial charge is 0.321 e. The largest absolute Gasteiger partial charge is 0.393 e. The lowest BCUT2D eigenvalue weighted by atomic mass is 9.92. The lowest BCUT2D eigenvalue weighted by molar-refractivity contribution is 0.0820. The molecule has 1 aromatic carbocycles. The van der Waals surface area contributed by atoms with Crippen molar-refractivity contribution >= 4 is 11.7 Å². The highest BCUT2D eigenvalue weighted by molar-refractivity contribution is 5.89. The Labute approximate surface area is 120 Å². The zero-order valence-electron chi connectivity index (χ0n) is 12.3. The fraction of sp³-hybridized carbons (Fsp3) is 0.562. The molecule has 2 rings (SSSR count). The summed E-state index contributed by atoms with van der Waals surface area (Å²) in [7, 11) is 0. The molecule has 110 valence electrons. The van der Waals surface area contributed by atoms with Gasteiger partial charge in [0.2, 0.25) is 0 Å². The second-order valence-electron chi connectivity index (χ2n) is 5.55. The van der Waals surface area contributed by atoms with Gasteiger partial charge in [0.1, 0.15) is 0 Å². The highest BCUT2D eigenvalue weighted by Gasteiger charge is 2.25. The van der Waals surface area contributed by atoms with Crippen molar-refractivity contribution in [3.05, 3.63) is 29.8 Å². The maximum absolute atomic E-state index is 12.2. The van der Waals surface area contributed by atoms with E-state index in [-0.39, 0.29) is 12.1 Å². The van der Waals surface area contributed by atoms with E-state index in [0.717, 1.165) is 24.9 Å². The van der Waals surface area contributed by atoms with Gasteiger partial charge in [-0.3, -0.25) is 0 Å². The van der Waals surface area contributed by atoms with Crippen LogP contribution in [-0.2, 0) is 6.42 Å². The maximum Gasteiger partial charge on any atom is 0.321 e. The Kier molecular flexibility index (Phi) is 5.01. The van der Waals surface area contributed by atoms with E-state index in [1.807, 2.05) is 36.1 Å². The Hall–Kier alpha value is -1.55. The molecular formula is C16H24N2O2. The van der Waals surface area contributed by atoms with Gasteiger partial charge in [-0.1, -0.05) is 19.1 Å². The van der Waals surface area contributed by atoms with Crippen LogP contribution >= 0.6 is 0 Å². The molecule has 0 bridgehead atoms. The third kappa shape index (κ3) is 3.73. The minimum absolute atomic E-state index is 0.0432. The summed E-state index contributed by atoms with van der Waals surface area (Å²) in [4.78, 5) is 14.0. The van der Waals surface area contributed by atoms with Crippen LogP contribution < -0.4 is 5.32 Å². The van der Waals surface area contributed by atoms with Crippen molar-refractivity contribution in [3.8, 4) is 0 Å². The van der Waals surface area contributed by atoms with Crippen molar-refractivity contribution in [3.63, 3.8) is 0 Å². The number of piperidine rings is 1. The van der Waals surface area contributed by atoms with Gasteiger partial charge in [-0.2, -0.15) is 0 Å². The number of aryl methyl sites for hydroxylation is 1. The highest BCUT2D eigenvalue weighted by Crippen LogP contribution is 2.21. The molecule has 1 unspecified atom stereocenters. The predicted octanol–water partition coefficient (Wildman–Crippen LogP) is 2.87. The lowest BCUT2D eigenvalue weighted by Gasteiger charge is -2.33. The molecule has 2 N–H and O–H groups in total. The number of aliphatic hydroxyl groups is 1. The fourth-order valence-electron chi connectivity index (χ4n) is 2.61. The van der Waals surface area contributed by atoms with Crippen LogP contribution in [0.3, 0.4) is 0 Å². The maximum atomic E-state index is 12.2. The first-order chi connectivity index (χ1) is 9.60. The van der Waals surface area contributed by atoms with Crippen molar-refractivity contribution in [1.82, 2.24) is 4.90 Å². The molecule has 0 aliphatic carbocycles. The number of likely N-dealkylation sites (tertiary alicyclic amines) is 1. The first-order valence-corrected chi connectivity index (χ1v) is 7.43. The summed E-state index contributed by atoms with van der Waals surface area (Å²) in [5, 5.41) is 12.5. The number of rotatable bonds is 3. The second kappa shape index (κ2) is 6.75. The SMILES string of the molecule is CCc1ccc(NC(=O)N2CCC(C(C)O)CC2)cc1. The number of urea groups is 1. The first kappa shape index (κ1) is 14.9. The molecule has 1 atom stereocenters. The summed E-state index contributed by atoms with van der Waals surface area (Å²) in [6.45, 7) is 5.37. The predicted molar refractivity (Wildman–Crippen MR) is 80.8 cm³/mol. The number of hydrogen-bond acceptors (Lipinski definition) is 2. The fourth-order valence-corrected chi connectivity index (χ4v) is 2.61. The number of carbonyl (C=O) groups excluding carboxylic acids is 1. The highest BCUT2D eigenvalue weighted by atomic mass is 16.3. The van der Waals surface area contributed by atoms with Crippen LogP contribution in [0.5, 0.6) is 0 Å². The van der Waals surface area contributed by atoms with Gasteiger partial charge in [-0.05, 0) is 49.8 Å². The number of anilines is 1. The van der Waals surface area contributed by atoms with E-state index in [0.29, 0.717) is 19.0 Å². The van der Waals surface area contributed by atoms with E-state index in [2.05, 4.69) is 12.2 Å². The van der Waals surface area contributed by atoms with Gasteiger partial charge in [0.15, 0.2) is 0 Å². The standard InChI is InChI=1S/C16H24N2O2/c1-3-13-4-6-15(7-5-13)17-16(20)18-10-8-14(9-11-18)12(2)19/h4-7,12,14,19H,3,8-11H2,1-2H3,(H,17,20). The molecule has 1 aliphatic rings. The average Bonchev–Trinajstić information content (AvgIpc) is 2.48. The van der Waals surface area contributed by atoms with E-state index in [1.165, 1.54) is 5.56 Å². The van der Waals surface area contributed by atoms with Gasteiger partial charge in [-0.25, -0.2) is 4.79 Å². The first-order valence-electron chi connectivity index (χ1n) is 7.43. The molecule has 0 radical (unpaired) electrons. The van der Waals surface area contributed by atoms with Crippen LogP contribution in [0.2, 0.25) is 0 Å². The van der Waals surface area contributed by atoms with Gasteiger partial charge in [0.25, 0.3) is 0 Å². The Morgan fingerprint density at radius 1 is 1.35 bits per heavy atom. The normalized spacial score (nSPS) is 17.9. The summed E-state index contributed by atoms with van der Waals surface area (Å²) < 4.78 is 0. The van der Waals surface area contributed by atoms with E-state index < -0.39 is 0 Å². The molecular weight excluding hydrogens is 252 g/mol. The number of benzene rings is 1. The monoisotopic (exact) mass is 276 g/mol. The van der Waals surface area contributed by atoms with Crippen LogP contribution in [0.15, 0.2) is 24.3 Å². The zero-order chi connectivity index (χ0) is 14.5. The molecule has 4 heteroatoms. The van der Waals surface area contributed by atoms with Gasteiger partial charge < -0.3 is 15.3 Å². The molecule has 0 aromatic heterocycles. The topological polar surface area (TPSA) is 52.6 Å². The molecule has 4 nitrogen and oxygen atoms in total. The van der Waals surface area contributed by atoms with Gasteiger partial charge in [0.05, 0.1) is 6.10 Å². The van der Waals surface area contributed by atoms with E-state index in [1.54, 1.807) is 0 Å². The molecule has 1 saturated heterocycles. The number of carbonyl (C=O) groups is 1. The Bertz CT molecular complexity index is 434. The molecule has 1 aliphatic heterocycles. The molecule has 20 heavy (non-hydrogen) atoms. The van der Waals surface area contributed by atoms with Crippen molar-refractivity contribution in [2.45, 2.75) is 39.2 Å². The molecule has 0 saturated carbocycles. The van der Waals surface area contributed by atoms with Gasteiger partial charge >= 0.3 is 6.03 Å². The van der Waals surface area contributed by atoms with Gasteiger partial charge in [0, 0.05) is 18.8 Å². The van der Waals surface area contributed by atoms with Crippen LogP contribution in [0.25, 0.3) is 0 Å². The number of hydrogen-bond donors (Lipinski definition) is 2. The van der Waals surface area contributed by atoms with Crippen LogP contribution in [0.4, 0.5) is 10.5 Å². The summed E-state index contributed by atoms with van der Waals surface area (Å²) in [5.74, 6) is 0.322. The summed E-state index contributed by atoms with van der Waals surface area (Å²) >= 11 is 0. The van der Waals surface area contributed by atoms with Crippen molar-refractivity contribution < 1.29 is 9.90 Å². The number of amides is 2. The Morgan fingerprint density at radius 2 is 1.95 bits per heavy atom. The lowest BCUT2D eigenvalue weighted by Crippen LogP contribution is -2.42. The van der Waals surface area contributed by atoms with Crippen molar-refractivity contribution in [2.24, 2.45) is 5.92 Å². The Morgan fingerprint density at radius 3 is 2.45 bits per heavy atom. The minimum Gasteiger partial charge on any atom is -0.393 e. The zero-order valence-corrected chi connectivity index (χ0v) is 12.3. The quantitative estimate of drug-likeness (QED) is 0.892. The number of aliphatic hydroxyl groups excluding tert-OH is 1. The third-order valence-electron chi connectivity index (χ3n) is 4.12. The van der Waals surface area contributed by atoms with E-state index in [4.69, 9.17) is 0 Å². The third-order valence-corrected chi connectivity index (χ3v) is 4.12. The second-order valence-corrected chi connectivity index (χ2v) is 5.55. The molecule has 2 amide bonds. The van der Waals surface area contributed by atoms with Crippen molar-refractivity contribution in [2.75, 3.05) is 18.4 Å². The molecule has 1 fully saturated rings. The minimum atomic E-state index is -0.276. The van der Waals surface area contributed by atoms with Crippen LogP contribution in [0.1, 0.15) is 32.3 Å². The summed E-state index contributed by atoms with van der Waals surface area (Å²) in [6.07, 6.45) is 2.47. The van der Waals surface area contributed by atoms with Crippen molar-refractivity contribution in [1.29, 1.82) is 0 Å². The van der Waals surface area contributed by atoms with E-state index in [9.17, 15) is 9.90 Å². The van der Waals surface area contributed by atoms with E-state index >= 15 is 0 Å².